The zero-order chi connectivity index (χ0) is 23.3. The highest BCUT2D eigenvalue weighted by Gasteiger charge is 2.47. The van der Waals surface area contributed by atoms with Crippen molar-refractivity contribution < 1.29 is 33.3 Å². The van der Waals surface area contributed by atoms with Crippen LogP contribution in [0.4, 0.5) is 0 Å². The van der Waals surface area contributed by atoms with Crippen LogP contribution in [-0.4, -0.2) is 57.4 Å². The molecule has 0 aliphatic carbocycles. The highest BCUT2D eigenvalue weighted by molar-refractivity contribution is 7.99. The molecule has 1 saturated heterocycles. The predicted molar refractivity (Wildman–Crippen MR) is 116 cm³/mol. The first-order valence-corrected chi connectivity index (χ1v) is 11.0. The van der Waals surface area contributed by atoms with Crippen LogP contribution in [0.25, 0.3) is 11.3 Å². The normalized spacial score (nSPS) is 22.5. The predicted octanol–water partition coefficient (Wildman–Crippen LogP) is 2.70. The minimum absolute atomic E-state index is 0.284. The van der Waals surface area contributed by atoms with Gasteiger partial charge in [0.1, 0.15) is 5.75 Å². The van der Waals surface area contributed by atoms with Gasteiger partial charge in [-0.05, 0) is 25.1 Å². The van der Waals surface area contributed by atoms with Crippen molar-refractivity contribution in [3.8, 4) is 17.0 Å². The molecule has 170 valence electrons. The number of nitrogens with zero attached hydrogens (tertiary/aromatic N) is 2. The van der Waals surface area contributed by atoms with Crippen molar-refractivity contribution in [2.45, 2.75) is 51.4 Å². The summed E-state index contributed by atoms with van der Waals surface area (Å²) < 4.78 is 22.2. The van der Waals surface area contributed by atoms with E-state index in [0.717, 1.165) is 17.0 Å². The van der Waals surface area contributed by atoms with E-state index in [1.54, 1.807) is 12.3 Å². The summed E-state index contributed by atoms with van der Waals surface area (Å²) in [6, 6.07) is 7.44. The van der Waals surface area contributed by atoms with Crippen LogP contribution in [0.3, 0.4) is 0 Å². The molecule has 10 heteroatoms. The third-order valence-electron chi connectivity index (χ3n) is 4.45. The summed E-state index contributed by atoms with van der Waals surface area (Å²) in [5, 5.41) is 0. The molecule has 32 heavy (non-hydrogen) atoms. The second-order valence-corrected chi connectivity index (χ2v) is 8.32. The molecule has 0 unspecified atom stereocenters. The molecule has 0 spiro atoms. The second-order valence-electron chi connectivity index (χ2n) is 7.19. The molecule has 0 saturated carbocycles. The zero-order valence-corrected chi connectivity index (χ0v) is 19.0. The molecular formula is C22H24N2O7S. The SMILES string of the molecule is CC(=O)O[C@@H]1[C@@H](OC(C)=O)[C@H](OC(C)=O)CS[C@H]1Oc1cncc(-c2cccc(C)n2)c1. The number of pyridine rings is 2. The Balaban J connectivity index is 1.87. The maximum absolute atomic E-state index is 11.8. The smallest absolute Gasteiger partial charge is 0.303 e. The van der Waals surface area contributed by atoms with E-state index in [1.165, 1.54) is 38.7 Å². The molecule has 0 N–H and O–H groups in total. The molecule has 0 amide bonds. The molecule has 3 heterocycles. The summed E-state index contributed by atoms with van der Waals surface area (Å²) in [6.07, 6.45) is 0.404. The zero-order valence-electron chi connectivity index (χ0n) is 18.1. The minimum Gasteiger partial charge on any atom is -0.474 e. The van der Waals surface area contributed by atoms with Crippen LogP contribution >= 0.6 is 11.8 Å². The first-order valence-electron chi connectivity index (χ1n) is 9.92. The van der Waals surface area contributed by atoms with Crippen molar-refractivity contribution in [3.05, 3.63) is 42.4 Å². The van der Waals surface area contributed by atoms with Crippen LogP contribution in [0.1, 0.15) is 26.5 Å². The number of ether oxygens (including phenoxy) is 4. The summed E-state index contributed by atoms with van der Waals surface area (Å²) >= 11 is 1.28. The summed E-state index contributed by atoms with van der Waals surface area (Å²) in [5.41, 5.74) is 1.64. The Bertz CT molecular complexity index is 1000. The summed E-state index contributed by atoms with van der Waals surface area (Å²) in [5.74, 6) is -0.999. The van der Waals surface area contributed by atoms with Crippen LogP contribution < -0.4 is 4.74 Å². The number of hydrogen-bond donors (Lipinski definition) is 0. The first kappa shape index (κ1) is 23.5. The Morgan fingerprint density at radius 3 is 2.31 bits per heavy atom. The highest BCUT2D eigenvalue weighted by Crippen LogP contribution is 2.34. The van der Waals surface area contributed by atoms with E-state index in [1.807, 2.05) is 25.1 Å². The van der Waals surface area contributed by atoms with Gasteiger partial charge >= 0.3 is 17.9 Å². The first-order chi connectivity index (χ1) is 15.2. The van der Waals surface area contributed by atoms with Gasteiger partial charge in [-0.25, -0.2) is 0 Å². The number of carbonyl (C=O) groups excluding carboxylic acids is 3. The fourth-order valence-electron chi connectivity index (χ4n) is 3.27. The van der Waals surface area contributed by atoms with Crippen molar-refractivity contribution in [2.75, 3.05) is 5.75 Å². The van der Waals surface area contributed by atoms with Crippen LogP contribution in [0.2, 0.25) is 0 Å². The Hall–Kier alpha value is -3.14. The molecule has 0 radical (unpaired) electrons. The molecule has 2 aromatic rings. The van der Waals surface area contributed by atoms with Gasteiger partial charge in [0.2, 0.25) is 0 Å². The average Bonchev–Trinajstić information content (AvgIpc) is 2.71. The van der Waals surface area contributed by atoms with E-state index in [4.69, 9.17) is 18.9 Å². The third kappa shape index (κ3) is 6.19. The molecule has 1 fully saturated rings. The van der Waals surface area contributed by atoms with E-state index in [0.29, 0.717) is 5.75 Å². The van der Waals surface area contributed by atoms with Gasteiger partial charge < -0.3 is 18.9 Å². The second kappa shape index (κ2) is 10.4. The lowest BCUT2D eigenvalue weighted by atomic mass is 10.1. The molecule has 9 nitrogen and oxygen atoms in total. The Kier molecular flexibility index (Phi) is 7.68. The molecule has 0 bridgehead atoms. The van der Waals surface area contributed by atoms with Gasteiger partial charge in [0.15, 0.2) is 23.7 Å². The number of carbonyl (C=O) groups is 3. The minimum atomic E-state index is -1.01. The summed E-state index contributed by atoms with van der Waals surface area (Å²) in [7, 11) is 0. The average molecular weight is 461 g/mol. The van der Waals surface area contributed by atoms with Crippen molar-refractivity contribution in [2.24, 2.45) is 0 Å². The van der Waals surface area contributed by atoms with Gasteiger partial charge in [-0.1, -0.05) is 6.07 Å². The van der Waals surface area contributed by atoms with E-state index in [-0.39, 0.29) is 5.75 Å². The maximum atomic E-state index is 11.8. The van der Waals surface area contributed by atoms with Gasteiger partial charge in [0.05, 0.1) is 11.9 Å². The maximum Gasteiger partial charge on any atom is 0.303 e. The standard InChI is InChI=1S/C22H24N2O7S/c1-12-6-5-7-18(24-12)16-8-17(10-23-9-16)31-22-21(30-15(4)27)20(29-14(3)26)19(11-32-22)28-13(2)25/h5-10,19-22H,11H2,1-4H3/t19-,20+,21-,22-/m1/s1. The molecule has 0 aromatic carbocycles. The van der Waals surface area contributed by atoms with Crippen LogP contribution in [0.15, 0.2) is 36.7 Å². The van der Waals surface area contributed by atoms with Crippen molar-refractivity contribution in [1.29, 1.82) is 0 Å². The molecular weight excluding hydrogens is 436 g/mol. The van der Waals surface area contributed by atoms with Gasteiger partial charge in [-0.3, -0.25) is 24.4 Å². The molecule has 2 aromatic heterocycles. The summed E-state index contributed by atoms with van der Waals surface area (Å²) in [6.45, 7) is 5.63. The molecule has 1 aliphatic heterocycles. The van der Waals surface area contributed by atoms with Crippen molar-refractivity contribution >= 4 is 29.7 Å². The Morgan fingerprint density at radius 1 is 0.969 bits per heavy atom. The Labute approximate surface area is 189 Å². The summed E-state index contributed by atoms with van der Waals surface area (Å²) in [4.78, 5) is 43.7. The molecule has 1 aliphatic rings. The van der Waals surface area contributed by atoms with E-state index in [9.17, 15) is 14.4 Å². The number of thioether (sulfide) groups is 1. The number of aromatic nitrogens is 2. The van der Waals surface area contributed by atoms with E-state index < -0.39 is 41.7 Å². The van der Waals surface area contributed by atoms with E-state index in [2.05, 4.69) is 9.97 Å². The van der Waals surface area contributed by atoms with Gasteiger partial charge in [-0.2, -0.15) is 0 Å². The monoisotopic (exact) mass is 460 g/mol. The molecule has 3 rings (SSSR count). The topological polar surface area (TPSA) is 114 Å². The Morgan fingerprint density at radius 2 is 1.66 bits per heavy atom. The van der Waals surface area contributed by atoms with Gasteiger partial charge in [0.25, 0.3) is 0 Å². The van der Waals surface area contributed by atoms with Crippen LogP contribution in [0.5, 0.6) is 5.75 Å². The number of hydrogen-bond acceptors (Lipinski definition) is 10. The quantitative estimate of drug-likeness (QED) is 0.471. The number of aryl methyl sites for hydroxylation is 1. The highest BCUT2D eigenvalue weighted by atomic mass is 32.2. The fourth-order valence-corrected chi connectivity index (χ4v) is 4.49. The number of rotatable bonds is 6. The van der Waals surface area contributed by atoms with Gasteiger partial charge in [0, 0.05) is 44.0 Å². The lowest BCUT2D eigenvalue weighted by Crippen LogP contribution is -2.55. The van der Waals surface area contributed by atoms with Crippen LogP contribution in [-0.2, 0) is 28.6 Å². The lowest BCUT2D eigenvalue weighted by molar-refractivity contribution is -0.186. The fraction of sp³-hybridized carbons (Fsp3) is 0.409. The van der Waals surface area contributed by atoms with Crippen molar-refractivity contribution in [3.63, 3.8) is 0 Å². The van der Waals surface area contributed by atoms with Crippen LogP contribution in [0, 0.1) is 6.92 Å². The van der Waals surface area contributed by atoms with Crippen molar-refractivity contribution in [1.82, 2.24) is 9.97 Å². The number of esters is 3. The third-order valence-corrected chi connectivity index (χ3v) is 5.67. The largest absolute Gasteiger partial charge is 0.474 e. The van der Waals surface area contributed by atoms with Gasteiger partial charge in [-0.15, -0.1) is 11.8 Å². The van der Waals surface area contributed by atoms with E-state index >= 15 is 0 Å². The lowest BCUT2D eigenvalue weighted by Gasteiger charge is -2.39. The molecule has 4 atom stereocenters.